The number of nitriles is 1. The fourth-order valence-corrected chi connectivity index (χ4v) is 5.12. The molecule has 11 heteroatoms. The standard InChI is InChI=1S/C25H25F3N6O2/c26-25(27,28)36-18-3-1-17(2-4-18)22(35)34-13-6-16(7-14-34)19-5-10-31-21-20(19)32-23(33-21)24(15-29)8-11-30-12-9-24/h1-5,10,16,30H,6-9,11-14H2,(H,31,32,33). The number of carbonyl (C=O) groups is 1. The number of hydrogen-bond acceptors (Lipinski definition) is 6. The van der Waals surface area contributed by atoms with Crippen LogP contribution in [0.2, 0.25) is 0 Å². The Kier molecular flexibility index (Phi) is 6.30. The van der Waals surface area contributed by atoms with Crippen molar-refractivity contribution in [2.24, 2.45) is 0 Å². The third-order valence-electron chi connectivity index (χ3n) is 7.10. The smallest absolute Gasteiger partial charge is 0.406 e. The number of benzene rings is 1. The number of ether oxygens (including phenoxy) is 1. The molecule has 0 spiro atoms. The molecule has 2 fully saturated rings. The second-order valence-electron chi connectivity index (χ2n) is 9.27. The van der Waals surface area contributed by atoms with Gasteiger partial charge in [-0.05, 0) is 80.6 Å². The minimum atomic E-state index is -4.77. The average molecular weight is 499 g/mol. The maximum absolute atomic E-state index is 12.9. The van der Waals surface area contributed by atoms with Gasteiger partial charge in [0.1, 0.15) is 22.5 Å². The van der Waals surface area contributed by atoms with Gasteiger partial charge in [-0.15, -0.1) is 13.2 Å². The summed E-state index contributed by atoms with van der Waals surface area (Å²) in [5, 5.41) is 13.2. The molecule has 5 rings (SSSR count). The molecule has 2 aromatic heterocycles. The fraction of sp³-hybridized carbons (Fsp3) is 0.440. The zero-order valence-electron chi connectivity index (χ0n) is 19.4. The molecule has 0 aliphatic carbocycles. The van der Waals surface area contributed by atoms with E-state index >= 15 is 0 Å². The van der Waals surface area contributed by atoms with Gasteiger partial charge < -0.3 is 19.9 Å². The van der Waals surface area contributed by atoms with Crippen LogP contribution in [0.5, 0.6) is 5.75 Å². The van der Waals surface area contributed by atoms with Crippen molar-refractivity contribution < 1.29 is 22.7 Å². The number of fused-ring (bicyclic) bond motifs is 1. The summed E-state index contributed by atoms with van der Waals surface area (Å²) in [6, 6.07) is 9.41. The van der Waals surface area contributed by atoms with Gasteiger partial charge in [0.05, 0.1) is 6.07 Å². The third-order valence-corrected chi connectivity index (χ3v) is 7.10. The molecule has 0 radical (unpaired) electrons. The first-order valence-corrected chi connectivity index (χ1v) is 11.9. The summed E-state index contributed by atoms with van der Waals surface area (Å²) in [7, 11) is 0. The number of piperidine rings is 2. The Morgan fingerprint density at radius 3 is 2.47 bits per heavy atom. The fourth-order valence-electron chi connectivity index (χ4n) is 5.12. The monoisotopic (exact) mass is 498 g/mol. The van der Waals surface area contributed by atoms with E-state index in [1.54, 1.807) is 11.1 Å². The number of nitrogens with one attached hydrogen (secondary N) is 2. The first kappa shape index (κ1) is 24.1. The SMILES string of the molecule is N#CC1(c2nc3c(C4CCN(C(=O)c5ccc(OC(F)(F)F)cc5)CC4)ccnc3[nH]2)CCNCC1. The van der Waals surface area contributed by atoms with Crippen molar-refractivity contribution in [1.29, 1.82) is 5.26 Å². The lowest BCUT2D eigenvalue weighted by Crippen LogP contribution is -2.39. The van der Waals surface area contributed by atoms with E-state index in [0.29, 0.717) is 43.0 Å². The predicted molar refractivity (Wildman–Crippen MR) is 124 cm³/mol. The first-order valence-electron chi connectivity index (χ1n) is 11.9. The van der Waals surface area contributed by atoms with Gasteiger partial charge >= 0.3 is 6.36 Å². The molecule has 4 heterocycles. The van der Waals surface area contributed by atoms with Crippen LogP contribution in [-0.2, 0) is 5.41 Å². The molecule has 1 aromatic carbocycles. The van der Waals surface area contributed by atoms with Crippen molar-refractivity contribution >= 4 is 17.1 Å². The van der Waals surface area contributed by atoms with Crippen LogP contribution < -0.4 is 10.1 Å². The summed E-state index contributed by atoms with van der Waals surface area (Å²) in [4.78, 5) is 27.2. The molecule has 0 bridgehead atoms. The number of likely N-dealkylation sites (tertiary alicyclic amines) is 1. The van der Waals surface area contributed by atoms with E-state index in [0.717, 1.165) is 49.1 Å². The van der Waals surface area contributed by atoms with Gasteiger partial charge in [-0.3, -0.25) is 4.79 Å². The number of hydrogen-bond donors (Lipinski definition) is 2. The molecule has 36 heavy (non-hydrogen) atoms. The normalized spacial score (nSPS) is 18.7. The van der Waals surface area contributed by atoms with Gasteiger partial charge in [-0.2, -0.15) is 5.26 Å². The first-order chi connectivity index (χ1) is 17.3. The minimum absolute atomic E-state index is 0.171. The molecule has 0 saturated carbocycles. The molecule has 1 amide bonds. The number of imidazole rings is 1. The van der Waals surface area contributed by atoms with Gasteiger partial charge in [0.15, 0.2) is 5.65 Å². The number of amides is 1. The summed E-state index contributed by atoms with van der Waals surface area (Å²) in [5.74, 6) is 0.243. The van der Waals surface area contributed by atoms with Crippen molar-refractivity contribution in [3.05, 3.63) is 53.5 Å². The van der Waals surface area contributed by atoms with E-state index < -0.39 is 11.8 Å². The Labute approximate surface area is 205 Å². The van der Waals surface area contributed by atoms with Crippen LogP contribution in [0.15, 0.2) is 36.5 Å². The van der Waals surface area contributed by atoms with E-state index in [4.69, 9.17) is 4.98 Å². The molecule has 2 aliphatic rings. The number of nitrogens with zero attached hydrogens (tertiary/aromatic N) is 4. The van der Waals surface area contributed by atoms with E-state index in [2.05, 4.69) is 26.1 Å². The van der Waals surface area contributed by atoms with Crippen molar-refractivity contribution in [1.82, 2.24) is 25.2 Å². The molecule has 2 saturated heterocycles. The second-order valence-corrected chi connectivity index (χ2v) is 9.27. The maximum atomic E-state index is 12.9. The second kappa shape index (κ2) is 9.43. The van der Waals surface area contributed by atoms with Crippen LogP contribution in [0.4, 0.5) is 13.2 Å². The van der Waals surface area contributed by atoms with Gasteiger partial charge in [0.25, 0.3) is 5.91 Å². The van der Waals surface area contributed by atoms with Gasteiger partial charge in [-0.1, -0.05) is 0 Å². The van der Waals surface area contributed by atoms with Crippen molar-refractivity contribution in [2.75, 3.05) is 26.2 Å². The molecule has 2 aliphatic heterocycles. The van der Waals surface area contributed by atoms with Crippen LogP contribution in [0.3, 0.4) is 0 Å². The van der Waals surface area contributed by atoms with E-state index in [9.17, 15) is 23.2 Å². The highest BCUT2D eigenvalue weighted by atomic mass is 19.4. The summed E-state index contributed by atoms with van der Waals surface area (Å²) in [6.45, 7) is 2.54. The maximum Gasteiger partial charge on any atom is 0.573 e. The van der Waals surface area contributed by atoms with Gasteiger partial charge in [0, 0.05) is 24.8 Å². The predicted octanol–water partition coefficient (Wildman–Crippen LogP) is 4.02. The topological polar surface area (TPSA) is 107 Å². The highest BCUT2D eigenvalue weighted by Crippen LogP contribution is 2.36. The van der Waals surface area contributed by atoms with Crippen molar-refractivity contribution in [3.8, 4) is 11.8 Å². The zero-order valence-corrected chi connectivity index (χ0v) is 19.4. The highest BCUT2D eigenvalue weighted by molar-refractivity contribution is 5.94. The Morgan fingerprint density at radius 1 is 1.14 bits per heavy atom. The third kappa shape index (κ3) is 4.73. The van der Waals surface area contributed by atoms with E-state index in [1.165, 1.54) is 12.1 Å². The molecule has 0 atom stereocenters. The zero-order chi connectivity index (χ0) is 25.3. The molecule has 2 N–H and O–H groups in total. The molecule has 8 nitrogen and oxygen atoms in total. The average Bonchev–Trinajstić information content (AvgIpc) is 3.34. The van der Waals surface area contributed by atoms with Crippen LogP contribution >= 0.6 is 0 Å². The van der Waals surface area contributed by atoms with E-state index in [1.807, 2.05) is 6.07 Å². The number of alkyl halides is 3. The van der Waals surface area contributed by atoms with Crippen molar-refractivity contribution in [3.63, 3.8) is 0 Å². The van der Waals surface area contributed by atoms with Crippen LogP contribution in [0, 0.1) is 11.3 Å². The lowest BCUT2D eigenvalue weighted by Gasteiger charge is -2.32. The number of aromatic amines is 1. The summed E-state index contributed by atoms with van der Waals surface area (Å²) < 4.78 is 41.0. The number of rotatable bonds is 4. The van der Waals surface area contributed by atoms with Gasteiger partial charge in [0.2, 0.25) is 0 Å². The molecule has 0 unspecified atom stereocenters. The largest absolute Gasteiger partial charge is 0.573 e. The Bertz CT molecular complexity index is 1280. The summed E-state index contributed by atoms with van der Waals surface area (Å²) in [6.07, 6.45) is -0.233. The number of halogens is 3. The Hall–Kier alpha value is -3.65. The number of pyridine rings is 1. The van der Waals surface area contributed by atoms with E-state index in [-0.39, 0.29) is 17.6 Å². The highest BCUT2D eigenvalue weighted by Gasteiger charge is 2.38. The molecule has 188 valence electrons. The molecular weight excluding hydrogens is 473 g/mol. The van der Waals surface area contributed by atoms with Crippen LogP contribution in [-0.4, -0.2) is 58.3 Å². The molecular formula is C25H25F3N6O2. The number of aromatic nitrogens is 3. The Balaban J connectivity index is 1.29. The Morgan fingerprint density at radius 2 is 1.83 bits per heavy atom. The minimum Gasteiger partial charge on any atom is -0.406 e. The summed E-state index contributed by atoms with van der Waals surface area (Å²) in [5.41, 5.74) is 2.14. The summed E-state index contributed by atoms with van der Waals surface area (Å²) >= 11 is 0. The number of carbonyl (C=O) groups excluding carboxylic acids is 1. The van der Waals surface area contributed by atoms with Crippen LogP contribution in [0.25, 0.3) is 11.2 Å². The lowest BCUT2D eigenvalue weighted by molar-refractivity contribution is -0.274. The van der Waals surface area contributed by atoms with Crippen molar-refractivity contribution in [2.45, 2.75) is 43.4 Å². The lowest BCUT2D eigenvalue weighted by atomic mass is 9.80. The quantitative estimate of drug-likeness (QED) is 0.563. The molecule has 3 aromatic rings. The van der Waals surface area contributed by atoms with Gasteiger partial charge in [-0.25, -0.2) is 9.97 Å². The van der Waals surface area contributed by atoms with Crippen LogP contribution in [0.1, 0.15) is 53.3 Å². The number of H-pyrrole nitrogens is 1.